The first-order valence-corrected chi connectivity index (χ1v) is 7.88. The van der Waals surface area contributed by atoms with Gasteiger partial charge in [0.15, 0.2) is 0 Å². The molecule has 102 valence electrons. The van der Waals surface area contributed by atoms with Crippen LogP contribution in [0.25, 0.3) is 0 Å². The SMILES string of the molecule is CN1C(=O)C(N)c2ccc(SC3CCCCC3)cc21. The molecule has 1 aromatic rings. The van der Waals surface area contributed by atoms with Crippen molar-refractivity contribution >= 4 is 23.4 Å². The first-order valence-electron chi connectivity index (χ1n) is 7.00. The molecule has 0 radical (unpaired) electrons. The van der Waals surface area contributed by atoms with Crippen LogP contribution in [-0.2, 0) is 4.79 Å². The normalized spacial score (nSPS) is 23.8. The van der Waals surface area contributed by atoms with Crippen LogP contribution >= 0.6 is 11.8 Å². The van der Waals surface area contributed by atoms with Crippen molar-refractivity contribution in [3.05, 3.63) is 23.8 Å². The molecule has 0 aromatic heterocycles. The Hall–Kier alpha value is -1.00. The zero-order valence-electron chi connectivity index (χ0n) is 11.3. The number of carbonyl (C=O) groups is 1. The van der Waals surface area contributed by atoms with Crippen molar-refractivity contribution in [1.29, 1.82) is 0 Å². The fourth-order valence-corrected chi connectivity index (χ4v) is 4.27. The predicted molar refractivity (Wildman–Crippen MR) is 79.5 cm³/mol. The highest BCUT2D eigenvalue weighted by Crippen LogP contribution is 2.39. The van der Waals surface area contributed by atoms with E-state index in [9.17, 15) is 4.79 Å². The van der Waals surface area contributed by atoms with Gasteiger partial charge in [-0.2, -0.15) is 0 Å². The number of amides is 1. The van der Waals surface area contributed by atoms with E-state index in [2.05, 4.69) is 12.1 Å². The Morgan fingerprint density at radius 2 is 2.00 bits per heavy atom. The van der Waals surface area contributed by atoms with Gasteiger partial charge in [-0.1, -0.05) is 25.3 Å². The van der Waals surface area contributed by atoms with Gasteiger partial charge in [0.2, 0.25) is 5.91 Å². The molecule has 2 N–H and O–H groups in total. The van der Waals surface area contributed by atoms with Crippen LogP contribution in [0.4, 0.5) is 5.69 Å². The van der Waals surface area contributed by atoms with Crippen molar-refractivity contribution in [1.82, 2.24) is 0 Å². The van der Waals surface area contributed by atoms with Gasteiger partial charge in [-0.3, -0.25) is 4.79 Å². The standard InChI is InChI=1S/C15H20N2OS/c1-17-13-9-11(19-10-5-3-2-4-6-10)7-8-12(13)14(16)15(17)18/h7-10,14H,2-6,16H2,1H3. The van der Waals surface area contributed by atoms with Gasteiger partial charge in [0.05, 0.1) is 0 Å². The highest BCUT2D eigenvalue weighted by atomic mass is 32.2. The van der Waals surface area contributed by atoms with Crippen LogP contribution in [0.15, 0.2) is 23.1 Å². The Bertz CT molecular complexity index is 497. The van der Waals surface area contributed by atoms with Gasteiger partial charge in [0.25, 0.3) is 0 Å². The van der Waals surface area contributed by atoms with E-state index in [1.807, 2.05) is 24.9 Å². The number of carbonyl (C=O) groups excluding carboxylic acids is 1. The summed E-state index contributed by atoms with van der Waals surface area (Å²) in [6.07, 6.45) is 6.72. The van der Waals surface area contributed by atoms with Gasteiger partial charge in [-0.05, 0) is 25.0 Å². The Kier molecular flexibility index (Phi) is 3.54. The number of fused-ring (bicyclic) bond motifs is 1. The molecule has 1 fully saturated rings. The number of likely N-dealkylation sites (N-methyl/N-ethyl adjacent to an activating group) is 1. The number of hydrogen-bond donors (Lipinski definition) is 1. The summed E-state index contributed by atoms with van der Waals surface area (Å²) in [7, 11) is 1.81. The molecule has 1 amide bonds. The summed E-state index contributed by atoms with van der Waals surface area (Å²) in [4.78, 5) is 14.8. The van der Waals surface area contributed by atoms with E-state index >= 15 is 0 Å². The molecule has 3 rings (SSSR count). The van der Waals surface area contributed by atoms with E-state index in [-0.39, 0.29) is 5.91 Å². The molecule has 1 unspecified atom stereocenters. The maximum absolute atomic E-state index is 11.9. The largest absolute Gasteiger partial charge is 0.316 e. The van der Waals surface area contributed by atoms with E-state index in [1.54, 1.807) is 4.90 Å². The smallest absolute Gasteiger partial charge is 0.248 e. The number of rotatable bonds is 2. The van der Waals surface area contributed by atoms with Crippen LogP contribution in [0, 0.1) is 0 Å². The van der Waals surface area contributed by atoms with Crippen LogP contribution < -0.4 is 10.6 Å². The first kappa shape index (κ1) is 13.0. The van der Waals surface area contributed by atoms with E-state index < -0.39 is 6.04 Å². The second kappa shape index (κ2) is 5.17. The molecule has 1 aliphatic carbocycles. The van der Waals surface area contributed by atoms with Gasteiger partial charge in [0, 0.05) is 28.4 Å². The Morgan fingerprint density at radius 1 is 1.26 bits per heavy atom. The monoisotopic (exact) mass is 276 g/mol. The lowest BCUT2D eigenvalue weighted by Gasteiger charge is -2.21. The van der Waals surface area contributed by atoms with Gasteiger partial charge in [-0.25, -0.2) is 0 Å². The van der Waals surface area contributed by atoms with E-state index in [4.69, 9.17) is 5.73 Å². The maximum Gasteiger partial charge on any atom is 0.248 e. The van der Waals surface area contributed by atoms with Crippen LogP contribution in [0.1, 0.15) is 43.7 Å². The van der Waals surface area contributed by atoms with Gasteiger partial charge >= 0.3 is 0 Å². The van der Waals surface area contributed by atoms with Crippen LogP contribution in [-0.4, -0.2) is 18.2 Å². The topological polar surface area (TPSA) is 46.3 Å². The summed E-state index contributed by atoms with van der Waals surface area (Å²) in [6.45, 7) is 0. The zero-order valence-corrected chi connectivity index (χ0v) is 12.1. The van der Waals surface area contributed by atoms with Crippen LogP contribution in [0.2, 0.25) is 0 Å². The minimum atomic E-state index is -0.478. The number of nitrogens with two attached hydrogens (primary N) is 1. The van der Waals surface area contributed by atoms with Gasteiger partial charge in [-0.15, -0.1) is 11.8 Å². The van der Waals surface area contributed by atoms with Crippen molar-refractivity contribution in [2.24, 2.45) is 5.73 Å². The molecule has 1 aromatic carbocycles. The summed E-state index contributed by atoms with van der Waals surface area (Å²) >= 11 is 1.96. The molecule has 19 heavy (non-hydrogen) atoms. The lowest BCUT2D eigenvalue weighted by Crippen LogP contribution is -2.27. The summed E-state index contributed by atoms with van der Waals surface area (Å²) in [5.74, 6) is -0.00480. The molecular weight excluding hydrogens is 256 g/mol. The molecule has 1 aliphatic heterocycles. The first-order chi connectivity index (χ1) is 9.16. The molecule has 1 atom stereocenters. The zero-order chi connectivity index (χ0) is 13.4. The lowest BCUT2D eigenvalue weighted by molar-refractivity contribution is -0.118. The number of thioether (sulfide) groups is 1. The average molecular weight is 276 g/mol. The third kappa shape index (κ3) is 2.39. The van der Waals surface area contributed by atoms with Crippen molar-refractivity contribution in [3.63, 3.8) is 0 Å². The third-order valence-corrected chi connectivity index (χ3v) is 5.48. The Morgan fingerprint density at radius 3 is 2.74 bits per heavy atom. The minimum Gasteiger partial charge on any atom is -0.316 e. The molecule has 2 aliphatic rings. The summed E-state index contributed by atoms with van der Waals surface area (Å²) in [6, 6.07) is 5.78. The summed E-state index contributed by atoms with van der Waals surface area (Å²) < 4.78 is 0. The minimum absolute atomic E-state index is 0.00480. The highest BCUT2D eigenvalue weighted by molar-refractivity contribution is 8.00. The Labute approximate surface area is 118 Å². The number of anilines is 1. The van der Waals surface area contributed by atoms with Crippen molar-refractivity contribution in [2.45, 2.75) is 48.3 Å². The maximum atomic E-state index is 11.9. The van der Waals surface area contributed by atoms with E-state index in [0.717, 1.165) is 16.5 Å². The van der Waals surface area contributed by atoms with E-state index in [0.29, 0.717) is 0 Å². The molecular formula is C15H20N2OS. The molecule has 0 saturated heterocycles. The van der Waals surface area contributed by atoms with E-state index in [1.165, 1.54) is 37.0 Å². The number of nitrogens with zero attached hydrogens (tertiary/aromatic N) is 1. The lowest BCUT2D eigenvalue weighted by atomic mass is 10.0. The summed E-state index contributed by atoms with van der Waals surface area (Å²) in [5.41, 5.74) is 7.86. The molecule has 0 spiro atoms. The average Bonchev–Trinajstić information content (AvgIpc) is 2.65. The fraction of sp³-hybridized carbons (Fsp3) is 0.533. The molecule has 0 bridgehead atoms. The fourth-order valence-electron chi connectivity index (χ4n) is 2.99. The quantitative estimate of drug-likeness (QED) is 0.903. The molecule has 1 saturated carbocycles. The predicted octanol–water partition coefficient (Wildman–Crippen LogP) is 3.09. The van der Waals surface area contributed by atoms with Crippen LogP contribution in [0.3, 0.4) is 0 Å². The summed E-state index contributed by atoms with van der Waals surface area (Å²) in [5, 5.41) is 0.739. The van der Waals surface area contributed by atoms with Crippen molar-refractivity contribution in [3.8, 4) is 0 Å². The highest BCUT2D eigenvalue weighted by Gasteiger charge is 2.32. The van der Waals surface area contributed by atoms with Gasteiger partial charge < -0.3 is 10.6 Å². The molecule has 4 heteroatoms. The molecule has 3 nitrogen and oxygen atoms in total. The molecule has 1 heterocycles. The van der Waals surface area contributed by atoms with Crippen molar-refractivity contribution < 1.29 is 4.79 Å². The number of benzene rings is 1. The second-order valence-corrected chi connectivity index (χ2v) is 6.85. The Balaban J connectivity index is 1.80. The van der Waals surface area contributed by atoms with Crippen LogP contribution in [0.5, 0.6) is 0 Å². The van der Waals surface area contributed by atoms with Gasteiger partial charge in [0.1, 0.15) is 6.04 Å². The second-order valence-electron chi connectivity index (χ2n) is 5.47. The third-order valence-electron chi connectivity index (χ3n) is 4.15. The number of hydrogen-bond acceptors (Lipinski definition) is 3. The van der Waals surface area contributed by atoms with Crippen molar-refractivity contribution in [2.75, 3.05) is 11.9 Å².